The summed E-state index contributed by atoms with van der Waals surface area (Å²) < 4.78 is 18.7. The lowest BCUT2D eigenvalue weighted by molar-refractivity contribution is 0.138. The Bertz CT molecular complexity index is 619. The van der Waals surface area contributed by atoms with Crippen molar-refractivity contribution in [2.75, 3.05) is 5.32 Å². The van der Waals surface area contributed by atoms with E-state index in [1.807, 2.05) is 6.07 Å². The van der Waals surface area contributed by atoms with E-state index in [0.717, 1.165) is 24.4 Å². The molecule has 0 saturated heterocycles. The molecule has 2 aromatic carbocycles. The minimum absolute atomic E-state index is 0.106. The van der Waals surface area contributed by atoms with Crippen LogP contribution in [-0.4, -0.2) is 5.60 Å². The van der Waals surface area contributed by atoms with Crippen molar-refractivity contribution < 1.29 is 9.13 Å². The van der Waals surface area contributed by atoms with Gasteiger partial charge in [0.2, 0.25) is 0 Å². The maximum Gasteiger partial charge on any atom is 0.123 e. The van der Waals surface area contributed by atoms with Crippen LogP contribution in [0.3, 0.4) is 0 Å². The van der Waals surface area contributed by atoms with Gasteiger partial charge in [-0.3, -0.25) is 0 Å². The average molecular weight is 271 g/mol. The molecule has 104 valence electrons. The number of benzene rings is 2. The summed E-state index contributed by atoms with van der Waals surface area (Å²) >= 11 is 0. The first-order valence-corrected chi connectivity index (χ1v) is 6.82. The van der Waals surface area contributed by atoms with Crippen LogP contribution in [-0.2, 0) is 13.0 Å². The number of ether oxygens (including phenoxy) is 1. The molecule has 2 aromatic rings. The molecule has 1 aliphatic rings. The topological polar surface area (TPSA) is 21.3 Å². The number of fused-ring (bicyclic) bond motifs is 1. The van der Waals surface area contributed by atoms with E-state index in [4.69, 9.17) is 4.74 Å². The van der Waals surface area contributed by atoms with E-state index in [0.29, 0.717) is 0 Å². The largest absolute Gasteiger partial charge is 0.487 e. The van der Waals surface area contributed by atoms with Gasteiger partial charge in [0.05, 0.1) is 0 Å². The Morgan fingerprint density at radius 3 is 2.65 bits per heavy atom. The standard InChI is InChI=1S/C17H18FNO/c1-17(2)10-13-9-12(3-8-16(13)20-17)11-19-15-6-4-14(18)5-7-15/h3-9,19H,10-11H2,1-2H3. The maximum absolute atomic E-state index is 12.8. The van der Waals surface area contributed by atoms with E-state index in [9.17, 15) is 4.39 Å². The minimum atomic E-state index is -0.215. The molecule has 0 unspecified atom stereocenters. The zero-order chi connectivity index (χ0) is 14.2. The molecule has 2 nitrogen and oxygen atoms in total. The van der Waals surface area contributed by atoms with Crippen molar-refractivity contribution in [3.05, 3.63) is 59.4 Å². The van der Waals surface area contributed by atoms with Gasteiger partial charge < -0.3 is 10.1 Å². The number of hydrogen-bond acceptors (Lipinski definition) is 2. The first-order valence-electron chi connectivity index (χ1n) is 6.82. The van der Waals surface area contributed by atoms with Crippen molar-refractivity contribution in [2.24, 2.45) is 0 Å². The lowest BCUT2D eigenvalue weighted by Crippen LogP contribution is -2.24. The fourth-order valence-electron chi connectivity index (χ4n) is 2.54. The number of rotatable bonds is 3. The van der Waals surface area contributed by atoms with Crippen molar-refractivity contribution in [1.29, 1.82) is 0 Å². The molecule has 0 aliphatic carbocycles. The third-order valence-corrected chi connectivity index (χ3v) is 3.47. The molecule has 1 N–H and O–H groups in total. The van der Waals surface area contributed by atoms with E-state index >= 15 is 0 Å². The molecule has 0 spiro atoms. The van der Waals surface area contributed by atoms with Crippen LogP contribution in [0.15, 0.2) is 42.5 Å². The summed E-state index contributed by atoms with van der Waals surface area (Å²) in [6.45, 7) is 4.92. The highest BCUT2D eigenvalue weighted by atomic mass is 19.1. The summed E-state index contributed by atoms with van der Waals surface area (Å²) in [5.41, 5.74) is 3.27. The Morgan fingerprint density at radius 1 is 1.15 bits per heavy atom. The quantitative estimate of drug-likeness (QED) is 0.905. The van der Waals surface area contributed by atoms with Crippen LogP contribution < -0.4 is 10.1 Å². The Hall–Kier alpha value is -2.03. The highest BCUT2D eigenvalue weighted by Gasteiger charge is 2.29. The predicted octanol–water partition coefficient (Wildman–Crippen LogP) is 4.15. The van der Waals surface area contributed by atoms with Gasteiger partial charge in [0.15, 0.2) is 0 Å². The van der Waals surface area contributed by atoms with E-state index in [1.165, 1.54) is 23.3 Å². The van der Waals surface area contributed by atoms with Gasteiger partial charge in [-0.1, -0.05) is 12.1 Å². The first-order chi connectivity index (χ1) is 9.52. The van der Waals surface area contributed by atoms with E-state index in [1.54, 1.807) is 12.1 Å². The van der Waals surface area contributed by atoms with Crippen molar-refractivity contribution in [1.82, 2.24) is 0 Å². The van der Waals surface area contributed by atoms with Gasteiger partial charge in [-0.05, 0) is 55.3 Å². The van der Waals surface area contributed by atoms with Crippen LogP contribution in [0.4, 0.5) is 10.1 Å². The zero-order valence-corrected chi connectivity index (χ0v) is 11.7. The van der Waals surface area contributed by atoms with Gasteiger partial charge in [0.1, 0.15) is 17.2 Å². The predicted molar refractivity (Wildman–Crippen MR) is 78.6 cm³/mol. The zero-order valence-electron chi connectivity index (χ0n) is 11.7. The normalized spacial score (nSPS) is 15.6. The Labute approximate surface area is 118 Å². The summed E-state index contributed by atoms with van der Waals surface area (Å²) in [7, 11) is 0. The molecule has 3 rings (SSSR count). The Kier molecular flexibility index (Phi) is 3.13. The van der Waals surface area contributed by atoms with Crippen molar-refractivity contribution >= 4 is 5.69 Å². The van der Waals surface area contributed by atoms with Gasteiger partial charge in [0.25, 0.3) is 0 Å². The molecule has 0 radical (unpaired) electrons. The maximum atomic E-state index is 12.8. The first kappa shape index (κ1) is 13.0. The second kappa shape index (κ2) is 4.82. The van der Waals surface area contributed by atoms with Gasteiger partial charge in [0, 0.05) is 18.7 Å². The number of halogens is 1. The van der Waals surface area contributed by atoms with Crippen LogP contribution in [0.25, 0.3) is 0 Å². The summed E-state index contributed by atoms with van der Waals surface area (Å²) in [5.74, 6) is 0.771. The van der Waals surface area contributed by atoms with Crippen LogP contribution in [0.5, 0.6) is 5.75 Å². The average Bonchev–Trinajstić information content (AvgIpc) is 2.71. The fourth-order valence-corrected chi connectivity index (χ4v) is 2.54. The van der Waals surface area contributed by atoms with Gasteiger partial charge in [-0.15, -0.1) is 0 Å². The van der Waals surface area contributed by atoms with E-state index < -0.39 is 0 Å². The Morgan fingerprint density at radius 2 is 1.90 bits per heavy atom. The molecule has 3 heteroatoms. The second-order valence-corrected chi connectivity index (χ2v) is 5.84. The van der Waals surface area contributed by atoms with Crippen molar-refractivity contribution in [2.45, 2.75) is 32.4 Å². The van der Waals surface area contributed by atoms with Crippen LogP contribution >= 0.6 is 0 Å². The molecule has 1 aliphatic heterocycles. The highest BCUT2D eigenvalue weighted by Crippen LogP contribution is 2.35. The third-order valence-electron chi connectivity index (χ3n) is 3.47. The third kappa shape index (κ3) is 2.77. The van der Waals surface area contributed by atoms with Gasteiger partial charge >= 0.3 is 0 Å². The molecule has 0 bridgehead atoms. The molecule has 0 saturated carbocycles. The summed E-state index contributed by atoms with van der Waals surface area (Å²) in [6.07, 6.45) is 0.937. The lowest BCUT2D eigenvalue weighted by Gasteiger charge is -2.16. The van der Waals surface area contributed by atoms with Crippen LogP contribution in [0.1, 0.15) is 25.0 Å². The summed E-state index contributed by atoms with van der Waals surface area (Å²) in [6, 6.07) is 12.7. The van der Waals surface area contributed by atoms with E-state index in [2.05, 4.69) is 31.3 Å². The van der Waals surface area contributed by atoms with Gasteiger partial charge in [-0.25, -0.2) is 4.39 Å². The number of anilines is 1. The van der Waals surface area contributed by atoms with Crippen LogP contribution in [0.2, 0.25) is 0 Å². The smallest absolute Gasteiger partial charge is 0.123 e. The van der Waals surface area contributed by atoms with Crippen molar-refractivity contribution in [3.63, 3.8) is 0 Å². The molecule has 0 fully saturated rings. The van der Waals surface area contributed by atoms with Gasteiger partial charge in [-0.2, -0.15) is 0 Å². The second-order valence-electron chi connectivity index (χ2n) is 5.84. The van der Waals surface area contributed by atoms with Crippen molar-refractivity contribution in [3.8, 4) is 5.75 Å². The number of hydrogen-bond donors (Lipinski definition) is 1. The molecule has 0 aromatic heterocycles. The monoisotopic (exact) mass is 271 g/mol. The summed E-state index contributed by atoms with van der Waals surface area (Å²) in [5, 5.41) is 3.29. The molecule has 20 heavy (non-hydrogen) atoms. The Balaban J connectivity index is 1.69. The SMILES string of the molecule is CC1(C)Cc2cc(CNc3ccc(F)cc3)ccc2O1. The molecule has 0 atom stereocenters. The molecule has 0 amide bonds. The molecular formula is C17H18FNO. The van der Waals surface area contributed by atoms with E-state index in [-0.39, 0.29) is 11.4 Å². The molecule has 1 heterocycles. The number of nitrogens with one attached hydrogen (secondary N) is 1. The summed E-state index contributed by atoms with van der Waals surface area (Å²) in [4.78, 5) is 0. The lowest BCUT2D eigenvalue weighted by atomic mass is 10.0. The molecular weight excluding hydrogens is 253 g/mol. The van der Waals surface area contributed by atoms with Crippen LogP contribution in [0, 0.1) is 5.82 Å². The minimum Gasteiger partial charge on any atom is -0.487 e. The fraction of sp³-hybridized carbons (Fsp3) is 0.294. The highest BCUT2D eigenvalue weighted by molar-refractivity contribution is 5.46.